The summed E-state index contributed by atoms with van der Waals surface area (Å²) in [7, 11) is 0. The standard InChI is InChI=1S/C14H17N3O3/c1-9(5-13(18)19)8-16-14(20)17-12-6-11(7-15)4-3-10(12)2/h3-4,6,9H,5,8H2,1-2H3,(H,18,19)(H2,16,17,20). The van der Waals surface area contributed by atoms with Crippen molar-refractivity contribution in [3.05, 3.63) is 29.3 Å². The van der Waals surface area contributed by atoms with Gasteiger partial charge >= 0.3 is 12.0 Å². The molecule has 0 radical (unpaired) electrons. The number of amides is 2. The topological polar surface area (TPSA) is 102 Å². The lowest BCUT2D eigenvalue weighted by atomic mass is 10.1. The van der Waals surface area contributed by atoms with Crippen LogP contribution in [0.1, 0.15) is 24.5 Å². The number of hydrogen-bond acceptors (Lipinski definition) is 3. The SMILES string of the molecule is Cc1ccc(C#N)cc1NC(=O)NCC(C)CC(=O)O. The highest BCUT2D eigenvalue weighted by molar-refractivity contribution is 5.90. The fourth-order valence-electron chi connectivity index (χ4n) is 1.63. The first-order valence-corrected chi connectivity index (χ1v) is 6.19. The highest BCUT2D eigenvalue weighted by Crippen LogP contribution is 2.16. The molecule has 2 amide bonds. The van der Waals surface area contributed by atoms with Gasteiger partial charge in [-0.25, -0.2) is 4.79 Å². The molecular weight excluding hydrogens is 258 g/mol. The maximum atomic E-state index is 11.7. The molecule has 1 atom stereocenters. The van der Waals surface area contributed by atoms with Gasteiger partial charge in [0, 0.05) is 18.7 Å². The third-order valence-corrected chi connectivity index (χ3v) is 2.75. The highest BCUT2D eigenvalue weighted by Gasteiger charge is 2.10. The second-order valence-electron chi connectivity index (χ2n) is 4.68. The van der Waals surface area contributed by atoms with Gasteiger partial charge in [0.25, 0.3) is 0 Å². The van der Waals surface area contributed by atoms with Crippen molar-refractivity contribution in [1.82, 2.24) is 5.32 Å². The van der Waals surface area contributed by atoms with Gasteiger partial charge in [0.15, 0.2) is 0 Å². The largest absolute Gasteiger partial charge is 0.481 e. The molecule has 106 valence electrons. The molecule has 6 heteroatoms. The second-order valence-corrected chi connectivity index (χ2v) is 4.68. The molecule has 0 saturated heterocycles. The first-order valence-electron chi connectivity index (χ1n) is 6.19. The van der Waals surface area contributed by atoms with E-state index in [1.54, 1.807) is 25.1 Å². The molecule has 0 spiro atoms. The van der Waals surface area contributed by atoms with Crippen LogP contribution >= 0.6 is 0 Å². The number of aliphatic carboxylic acids is 1. The van der Waals surface area contributed by atoms with Crippen LogP contribution in [0.4, 0.5) is 10.5 Å². The molecule has 0 aliphatic rings. The number of hydrogen-bond donors (Lipinski definition) is 3. The van der Waals surface area contributed by atoms with Crippen molar-refractivity contribution < 1.29 is 14.7 Å². The molecule has 3 N–H and O–H groups in total. The smallest absolute Gasteiger partial charge is 0.319 e. The minimum Gasteiger partial charge on any atom is -0.481 e. The monoisotopic (exact) mass is 275 g/mol. The number of urea groups is 1. The van der Waals surface area contributed by atoms with Gasteiger partial charge in [-0.1, -0.05) is 13.0 Å². The van der Waals surface area contributed by atoms with E-state index in [2.05, 4.69) is 10.6 Å². The molecule has 1 aromatic rings. The first kappa shape index (κ1) is 15.5. The van der Waals surface area contributed by atoms with E-state index >= 15 is 0 Å². The fourth-order valence-corrected chi connectivity index (χ4v) is 1.63. The van der Waals surface area contributed by atoms with Crippen molar-refractivity contribution in [3.8, 4) is 6.07 Å². The van der Waals surface area contributed by atoms with Crippen LogP contribution in [-0.2, 0) is 4.79 Å². The number of carboxylic acids is 1. The van der Waals surface area contributed by atoms with E-state index in [0.717, 1.165) is 5.56 Å². The maximum Gasteiger partial charge on any atom is 0.319 e. The summed E-state index contributed by atoms with van der Waals surface area (Å²) in [5.74, 6) is -1.04. The van der Waals surface area contributed by atoms with Gasteiger partial charge in [0.2, 0.25) is 0 Å². The number of carboxylic acid groups (broad SMARTS) is 1. The summed E-state index contributed by atoms with van der Waals surface area (Å²) in [5, 5.41) is 22.7. The molecule has 0 aliphatic carbocycles. The fraction of sp³-hybridized carbons (Fsp3) is 0.357. The average Bonchev–Trinajstić information content (AvgIpc) is 2.38. The first-order chi connectivity index (χ1) is 9.42. The molecule has 1 unspecified atom stereocenters. The zero-order chi connectivity index (χ0) is 15.1. The predicted octanol–water partition coefficient (Wildman–Crippen LogP) is 2.10. The van der Waals surface area contributed by atoms with E-state index in [9.17, 15) is 9.59 Å². The van der Waals surface area contributed by atoms with Crippen LogP contribution in [0.15, 0.2) is 18.2 Å². The summed E-state index contributed by atoms with van der Waals surface area (Å²) in [5.41, 5.74) is 1.87. The van der Waals surface area contributed by atoms with E-state index in [0.29, 0.717) is 11.3 Å². The molecule has 6 nitrogen and oxygen atoms in total. The number of nitrogens with zero attached hydrogens (tertiary/aromatic N) is 1. The van der Waals surface area contributed by atoms with Gasteiger partial charge in [0.1, 0.15) is 0 Å². The summed E-state index contributed by atoms with van der Waals surface area (Å²) < 4.78 is 0. The Kier molecular flexibility index (Phi) is 5.54. The molecule has 1 rings (SSSR count). The maximum absolute atomic E-state index is 11.7. The van der Waals surface area contributed by atoms with Gasteiger partial charge in [-0.2, -0.15) is 5.26 Å². The number of carbonyl (C=O) groups is 2. The van der Waals surface area contributed by atoms with E-state index in [1.807, 2.05) is 13.0 Å². The normalized spacial score (nSPS) is 11.2. The van der Waals surface area contributed by atoms with Crippen LogP contribution in [0.25, 0.3) is 0 Å². The predicted molar refractivity (Wildman–Crippen MR) is 74.3 cm³/mol. The van der Waals surface area contributed by atoms with Crippen molar-refractivity contribution in [3.63, 3.8) is 0 Å². The minimum absolute atomic E-state index is 0.00320. The molecule has 20 heavy (non-hydrogen) atoms. The van der Waals surface area contributed by atoms with E-state index in [1.165, 1.54) is 0 Å². The minimum atomic E-state index is -0.891. The van der Waals surface area contributed by atoms with Crippen LogP contribution in [0.2, 0.25) is 0 Å². The Morgan fingerprint density at radius 3 is 2.75 bits per heavy atom. The number of nitriles is 1. The summed E-state index contributed by atoms with van der Waals surface area (Å²) in [6.45, 7) is 3.84. The van der Waals surface area contributed by atoms with Crippen LogP contribution < -0.4 is 10.6 Å². The Morgan fingerprint density at radius 1 is 1.45 bits per heavy atom. The number of aryl methyl sites for hydroxylation is 1. The number of nitrogens with one attached hydrogen (secondary N) is 2. The third kappa shape index (κ3) is 4.98. The molecule has 0 aromatic heterocycles. The van der Waals surface area contributed by atoms with Crippen molar-refractivity contribution in [2.45, 2.75) is 20.3 Å². The Labute approximate surface area is 117 Å². The molecule has 0 aliphatic heterocycles. The van der Waals surface area contributed by atoms with E-state index < -0.39 is 12.0 Å². The van der Waals surface area contributed by atoms with E-state index in [4.69, 9.17) is 10.4 Å². The van der Waals surface area contributed by atoms with Gasteiger partial charge in [-0.05, 0) is 30.5 Å². The quantitative estimate of drug-likeness (QED) is 0.765. The van der Waals surface area contributed by atoms with Crippen LogP contribution in [-0.4, -0.2) is 23.7 Å². The molecule has 0 heterocycles. The summed E-state index contributed by atoms with van der Waals surface area (Å²) in [6, 6.07) is 6.60. The Bertz CT molecular complexity index is 549. The number of benzene rings is 1. The van der Waals surface area contributed by atoms with Crippen molar-refractivity contribution in [2.24, 2.45) is 5.92 Å². The van der Waals surface area contributed by atoms with Crippen molar-refractivity contribution in [1.29, 1.82) is 5.26 Å². The lowest BCUT2D eigenvalue weighted by Crippen LogP contribution is -2.33. The lowest BCUT2D eigenvalue weighted by molar-refractivity contribution is -0.137. The van der Waals surface area contributed by atoms with Crippen LogP contribution in [0.3, 0.4) is 0 Å². The summed E-state index contributed by atoms with van der Waals surface area (Å²) in [6.07, 6.45) is 0.00320. The van der Waals surface area contributed by atoms with Crippen molar-refractivity contribution >= 4 is 17.7 Å². The average molecular weight is 275 g/mol. The molecule has 0 bridgehead atoms. The van der Waals surface area contributed by atoms with Gasteiger partial charge in [0.05, 0.1) is 11.6 Å². The zero-order valence-electron chi connectivity index (χ0n) is 11.4. The Hall–Kier alpha value is -2.55. The zero-order valence-corrected chi connectivity index (χ0v) is 11.4. The molecule has 1 aromatic carbocycles. The van der Waals surface area contributed by atoms with Gasteiger partial charge in [-0.3, -0.25) is 4.79 Å². The summed E-state index contributed by atoms with van der Waals surface area (Å²) in [4.78, 5) is 22.2. The lowest BCUT2D eigenvalue weighted by Gasteiger charge is -2.12. The molecular formula is C14H17N3O3. The number of anilines is 1. The highest BCUT2D eigenvalue weighted by atomic mass is 16.4. The number of carbonyl (C=O) groups excluding carboxylic acids is 1. The number of rotatable bonds is 5. The van der Waals surface area contributed by atoms with Crippen LogP contribution in [0.5, 0.6) is 0 Å². The molecule has 0 fully saturated rings. The van der Waals surface area contributed by atoms with Gasteiger partial charge < -0.3 is 15.7 Å². The second kappa shape index (κ2) is 7.14. The summed E-state index contributed by atoms with van der Waals surface area (Å²) >= 11 is 0. The molecule has 0 saturated carbocycles. The Morgan fingerprint density at radius 2 is 2.15 bits per heavy atom. The third-order valence-electron chi connectivity index (χ3n) is 2.75. The van der Waals surface area contributed by atoms with E-state index in [-0.39, 0.29) is 18.9 Å². The van der Waals surface area contributed by atoms with Gasteiger partial charge in [-0.15, -0.1) is 0 Å². The van der Waals surface area contributed by atoms with Crippen LogP contribution in [0, 0.1) is 24.2 Å². The van der Waals surface area contributed by atoms with Crippen molar-refractivity contribution in [2.75, 3.05) is 11.9 Å². The Balaban J connectivity index is 2.55.